The average molecular weight is 378 g/mol. The molecule has 138 valence electrons. The average Bonchev–Trinajstić information content (AvgIpc) is 2.67. The summed E-state index contributed by atoms with van der Waals surface area (Å²) < 4.78 is 5.82. The molecule has 0 saturated heterocycles. The van der Waals surface area contributed by atoms with Crippen LogP contribution in [0.15, 0.2) is 82.6 Å². The second-order valence-electron chi connectivity index (χ2n) is 6.41. The molecule has 1 N–H and O–H groups in total. The van der Waals surface area contributed by atoms with E-state index in [1.54, 1.807) is 18.7 Å². The minimum absolute atomic E-state index is 0.172. The largest absolute Gasteiger partial charge is 0.481 e. The zero-order valence-corrected chi connectivity index (χ0v) is 16.5. The summed E-state index contributed by atoms with van der Waals surface area (Å²) in [5, 5.41) is 2.99. The topological polar surface area (TPSA) is 38.3 Å². The molecule has 1 amide bonds. The van der Waals surface area contributed by atoms with E-state index in [0.29, 0.717) is 5.75 Å². The van der Waals surface area contributed by atoms with Crippen LogP contribution in [-0.2, 0) is 4.79 Å². The molecule has 0 aromatic heterocycles. The summed E-state index contributed by atoms with van der Waals surface area (Å²) in [7, 11) is 0. The number of benzene rings is 3. The molecule has 0 spiro atoms. The van der Waals surface area contributed by atoms with Crippen LogP contribution >= 0.6 is 11.8 Å². The van der Waals surface area contributed by atoms with Crippen molar-refractivity contribution in [1.82, 2.24) is 0 Å². The van der Waals surface area contributed by atoms with Crippen LogP contribution in [-0.4, -0.2) is 12.0 Å². The number of anilines is 1. The molecule has 0 fully saturated rings. The highest BCUT2D eigenvalue weighted by molar-refractivity contribution is 7.99. The van der Waals surface area contributed by atoms with E-state index in [1.165, 1.54) is 5.56 Å². The van der Waals surface area contributed by atoms with Gasteiger partial charge in [0.05, 0.1) is 5.69 Å². The summed E-state index contributed by atoms with van der Waals surface area (Å²) in [6.45, 7) is 5.85. The Morgan fingerprint density at radius 1 is 0.926 bits per heavy atom. The number of nitrogens with one attached hydrogen (secondary N) is 1. The smallest absolute Gasteiger partial charge is 0.265 e. The standard InChI is InChI=1S/C23H23NO2S/c1-16-13-14-19(15-17(16)2)26-18(3)23(25)24-21-11-7-8-12-22(21)27-20-9-5-4-6-10-20/h4-15,18H,1-3H3,(H,24,25)/t18-/m1/s1. The highest BCUT2D eigenvalue weighted by atomic mass is 32.2. The quantitative estimate of drug-likeness (QED) is 0.585. The van der Waals surface area contributed by atoms with E-state index in [0.717, 1.165) is 21.0 Å². The van der Waals surface area contributed by atoms with Crippen LogP contribution in [0, 0.1) is 13.8 Å². The minimum Gasteiger partial charge on any atom is -0.481 e. The third-order valence-corrected chi connectivity index (χ3v) is 5.36. The molecule has 0 aliphatic carbocycles. The van der Waals surface area contributed by atoms with Crippen LogP contribution in [0.1, 0.15) is 18.1 Å². The van der Waals surface area contributed by atoms with Gasteiger partial charge in [-0.1, -0.05) is 48.2 Å². The van der Waals surface area contributed by atoms with E-state index in [-0.39, 0.29) is 5.91 Å². The van der Waals surface area contributed by atoms with E-state index in [9.17, 15) is 4.79 Å². The Hall–Kier alpha value is -2.72. The van der Waals surface area contributed by atoms with Crippen molar-refractivity contribution < 1.29 is 9.53 Å². The number of carbonyl (C=O) groups excluding carboxylic acids is 1. The van der Waals surface area contributed by atoms with Gasteiger partial charge >= 0.3 is 0 Å². The van der Waals surface area contributed by atoms with Crippen molar-refractivity contribution in [3.05, 3.63) is 83.9 Å². The van der Waals surface area contributed by atoms with Gasteiger partial charge in [-0.2, -0.15) is 0 Å². The molecule has 1 atom stereocenters. The van der Waals surface area contributed by atoms with Crippen molar-refractivity contribution in [2.24, 2.45) is 0 Å². The molecule has 0 radical (unpaired) electrons. The van der Waals surface area contributed by atoms with E-state index >= 15 is 0 Å². The van der Waals surface area contributed by atoms with Crippen molar-refractivity contribution in [2.45, 2.75) is 36.7 Å². The molecule has 3 aromatic rings. The summed E-state index contributed by atoms with van der Waals surface area (Å²) in [5.74, 6) is 0.530. The Labute approximate surface area is 164 Å². The first-order chi connectivity index (χ1) is 13.0. The van der Waals surface area contributed by atoms with Crippen LogP contribution in [0.4, 0.5) is 5.69 Å². The fourth-order valence-electron chi connectivity index (χ4n) is 2.55. The minimum atomic E-state index is -0.595. The molecular weight excluding hydrogens is 354 g/mol. The molecule has 3 rings (SSSR count). The van der Waals surface area contributed by atoms with E-state index in [2.05, 4.69) is 24.4 Å². The maximum Gasteiger partial charge on any atom is 0.265 e. The molecule has 0 aliphatic heterocycles. The van der Waals surface area contributed by atoms with Crippen LogP contribution in [0.3, 0.4) is 0 Å². The number of ether oxygens (including phenoxy) is 1. The van der Waals surface area contributed by atoms with E-state index in [4.69, 9.17) is 4.74 Å². The highest BCUT2D eigenvalue weighted by Crippen LogP contribution is 2.33. The molecule has 0 aliphatic rings. The first-order valence-corrected chi connectivity index (χ1v) is 9.71. The van der Waals surface area contributed by atoms with Crippen LogP contribution < -0.4 is 10.1 Å². The predicted molar refractivity (Wildman–Crippen MR) is 112 cm³/mol. The molecule has 27 heavy (non-hydrogen) atoms. The number of hydrogen-bond donors (Lipinski definition) is 1. The summed E-state index contributed by atoms with van der Waals surface area (Å²) in [5.41, 5.74) is 3.13. The van der Waals surface area contributed by atoms with Gasteiger partial charge in [0.1, 0.15) is 5.75 Å². The van der Waals surface area contributed by atoms with Crippen molar-refractivity contribution >= 4 is 23.4 Å². The summed E-state index contributed by atoms with van der Waals surface area (Å²) in [6, 6.07) is 23.7. The second kappa shape index (κ2) is 8.78. The zero-order valence-electron chi connectivity index (χ0n) is 15.7. The Kier molecular flexibility index (Phi) is 6.20. The van der Waals surface area contributed by atoms with Gasteiger partial charge in [-0.3, -0.25) is 4.79 Å². The first kappa shape index (κ1) is 19.1. The lowest BCUT2D eigenvalue weighted by Crippen LogP contribution is -2.30. The van der Waals surface area contributed by atoms with E-state index in [1.807, 2.05) is 67.6 Å². The first-order valence-electron chi connectivity index (χ1n) is 8.89. The lowest BCUT2D eigenvalue weighted by molar-refractivity contribution is -0.122. The highest BCUT2D eigenvalue weighted by Gasteiger charge is 2.17. The number of para-hydroxylation sites is 1. The fourth-order valence-corrected chi connectivity index (χ4v) is 3.48. The Morgan fingerprint density at radius 3 is 2.37 bits per heavy atom. The van der Waals surface area contributed by atoms with E-state index < -0.39 is 6.10 Å². The lowest BCUT2D eigenvalue weighted by atomic mass is 10.1. The van der Waals surface area contributed by atoms with Gasteiger partial charge in [-0.15, -0.1) is 0 Å². The number of hydrogen-bond acceptors (Lipinski definition) is 3. The molecule has 0 bridgehead atoms. The number of carbonyl (C=O) groups is 1. The van der Waals surface area contributed by atoms with Crippen molar-refractivity contribution in [3.63, 3.8) is 0 Å². The normalized spacial score (nSPS) is 11.7. The Morgan fingerprint density at radius 2 is 1.63 bits per heavy atom. The summed E-state index contributed by atoms with van der Waals surface area (Å²) in [6.07, 6.45) is -0.595. The van der Waals surface area contributed by atoms with Gasteiger partial charge in [-0.25, -0.2) is 0 Å². The van der Waals surface area contributed by atoms with Gasteiger partial charge in [-0.05, 0) is 68.3 Å². The predicted octanol–water partition coefficient (Wildman–Crippen LogP) is 5.86. The Balaban J connectivity index is 1.69. The van der Waals surface area contributed by atoms with Crippen LogP contribution in [0.2, 0.25) is 0 Å². The third-order valence-electron chi connectivity index (χ3n) is 4.28. The Bertz CT molecular complexity index is 925. The zero-order chi connectivity index (χ0) is 19.2. The molecule has 3 aromatic carbocycles. The monoisotopic (exact) mass is 377 g/mol. The number of amides is 1. The van der Waals surface area contributed by atoms with Crippen molar-refractivity contribution in [3.8, 4) is 5.75 Å². The second-order valence-corrected chi connectivity index (χ2v) is 7.52. The van der Waals surface area contributed by atoms with Crippen molar-refractivity contribution in [2.75, 3.05) is 5.32 Å². The summed E-state index contributed by atoms with van der Waals surface area (Å²) in [4.78, 5) is 14.7. The maximum absolute atomic E-state index is 12.6. The maximum atomic E-state index is 12.6. The van der Waals surface area contributed by atoms with Gasteiger partial charge in [0.25, 0.3) is 5.91 Å². The molecule has 3 nitrogen and oxygen atoms in total. The van der Waals surface area contributed by atoms with Gasteiger partial charge < -0.3 is 10.1 Å². The third kappa shape index (κ3) is 5.14. The van der Waals surface area contributed by atoms with Crippen LogP contribution in [0.5, 0.6) is 5.75 Å². The molecule has 0 heterocycles. The van der Waals surface area contributed by atoms with Crippen LogP contribution in [0.25, 0.3) is 0 Å². The number of rotatable bonds is 6. The molecule has 0 saturated carbocycles. The van der Waals surface area contributed by atoms with Gasteiger partial charge in [0, 0.05) is 9.79 Å². The lowest BCUT2D eigenvalue weighted by Gasteiger charge is -2.17. The SMILES string of the molecule is Cc1ccc(O[C@H](C)C(=O)Nc2ccccc2Sc2ccccc2)cc1C. The van der Waals surface area contributed by atoms with Gasteiger partial charge in [0.15, 0.2) is 6.10 Å². The molecule has 4 heteroatoms. The molecular formula is C23H23NO2S. The molecule has 0 unspecified atom stereocenters. The summed E-state index contributed by atoms with van der Waals surface area (Å²) >= 11 is 1.62. The van der Waals surface area contributed by atoms with Gasteiger partial charge in [0.2, 0.25) is 0 Å². The fraction of sp³-hybridized carbons (Fsp3) is 0.174. The number of aryl methyl sites for hydroxylation is 2. The van der Waals surface area contributed by atoms with Crippen molar-refractivity contribution in [1.29, 1.82) is 0 Å².